The molecule has 0 amide bonds. The highest BCUT2D eigenvalue weighted by Gasteiger charge is 2.17. The third kappa shape index (κ3) is 3.35. The van der Waals surface area contributed by atoms with Crippen LogP contribution >= 0.6 is 0 Å². The average molecular weight is 221 g/mol. The van der Waals surface area contributed by atoms with Crippen LogP contribution in [-0.4, -0.2) is 11.1 Å². The Hall–Kier alpha value is -1.35. The van der Waals surface area contributed by atoms with Crippen LogP contribution in [0.15, 0.2) is 24.3 Å². The van der Waals surface area contributed by atoms with Gasteiger partial charge in [0.05, 0.1) is 0 Å². The lowest BCUT2D eigenvalue weighted by Crippen LogP contribution is -2.21. The molecule has 1 rings (SSSR count). The van der Waals surface area contributed by atoms with Gasteiger partial charge >= 0.3 is 5.97 Å². The summed E-state index contributed by atoms with van der Waals surface area (Å²) >= 11 is 0. The molecule has 0 fully saturated rings. The van der Waals surface area contributed by atoms with E-state index in [-0.39, 0.29) is 18.4 Å². The van der Waals surface area contributed by atoms with E-state index in [0.717, 1.165) is 12.0 Å². The highest BCUT2D eigenvalue weighted by atomic mass is 16.4. The van der Waals surface area contributed by atoms with Crippen LogP contribution in [0.5, 0.6) is 0 Å². The maximum absolute atomic E-state index is 10.6. The van der Waals surface area contributed by atoms with Gasteiger partial charge in [0.2, 0.25) is 0 Å². The minimum Gasteiger partial charge on any atom is -0.481 e. The standard InChI is InChI=1S/C13H19NO2/c1-3-10-4-6-11(7-5-10)13(14)9(2)8-12(15)16/h4-7,9,13H,3,8,14H2,1-2H3,(H,15,16). The van der Waals surface area contributed by atoms with Gasteiger partial charge in [-0.15, -0.1) is 0 Å². The third-order valence-corrected chi connectivity index (χ3v) is 2.88. The van der Waals surface area contributed by atoms with Gasteiger partial charge in [0.25, 0.3) is 0 Å². The van der Waals surface area contributed by atoms with Gasteiger partial charge in [-0.2, -0.15) is 0 Å². The molecule has 1 aromatic rings. The summed E-state index contributed by atoms with van der Waals surface area (Å²) in [6.45, 7) is 3.97. The highest BCUT2D eigenvalue weighted by molar-refractivity contribution is 5.67. The second kappa shape index (κ2) is 5.66. The molecule has 0 saturated carbocycles. The Labute approximate surface area is 96.3 Å². The lowest BCUT2D eigenvalue weighted by Gasteiger charge is -2.18. The molecular weight excluding hydrogens is 202 g/mol. The molecule has 3 N–H and O–H groups in total. The molecule has 3 heteroatoms. The number of rotatable bonds is 5. The van der Waals surface area contributed by atoms with Gasteiger partial charge in [0, 0.05) is 12.5 Å². The number of nitrogens with two attached hydrogens (primary N) is 1. The summed E-state index contributed by atoms with van der Waals surface area (Å²) in [5.41, 5.74) is 8.29. The highest BCUT2D eigenvalue weighted by Crippen LogP contribution is 2.22. The molecule has 0 spiro atoms. The van der Waals surface area contributed by atoms with Crippen LogP contribution in [0.2, 0.25) is 0 Å². The van der Waals surface area contributed by atoms with Crippen LogP contribution in [-0.2, 0) is 11.2 Å². The fourth-order valence-electron chi connectivity index (χ4n) is 1.71. The second-order valence-corrected chi connectivity index (χ2v) is 4.20. The van der Waals surface area contributed by atoms with E-state index in [0.29, 0.717) is 0 Å². The Kier molecular flexibility index (Phi) is 4.50. The van der Waals surface area contributed by atoms with Crippen LogP contribution in [0, 0.1) is 5.92 Å². The molecule has 16 heavy (non-hydrogen) atoms. The maximum Gasteiger partial charge on any atom is 0.303 e. The van der Waals surface area contributed by atoms with Crippen LogP contribution in [0.1, 0.15) is 37.4 Å². The lowest BCUT2D eigenvalue weighted by molar-refractivity contribution is -0.138. The number of hydrogen-bond acceptors (Lipinski definition) is 2. The van der Waals surface area contributed by atoms with E-state index in [4.69, 9.17) is 10.8 Å². The first kappa shape index (κ1) is 12.7. The van der Waals surface area contributed by atoms with E-state index < -0.39 is 5.97 Å². The van der Waals surface area contributed by atoms with Gasteiger partial charge in [0.1, 0.15) is 0 Å². The summed E-state index contributed by atoms with van der Waals surface area (Å²) < 4.78 is 0. The Morgan fingerprint density at radius 1 is 1.38 bits per heavy atom. The van der Waals surface area contributed by atoms with Crippen molar-refractivity contribution in [3.05, 3.63) is 35.4 Å². The number of benzene rings is 1. The number of aliphatic carboxylic acids is 1. The summed E-state index contributed by atoms with van der Waals surface area (Å²) in [6.07, 6.45) is 1.11. The van der Waals surface area contributed by atoms with E-state index in [1.165, 1.54) is 5.56 Å². The fraction of sp³-hybridized carbons (Fsp3) is 0.462. The molecule has 0 aliphatic carbocycles. The van der Waals surface area contributed by atoms with Crippen molar-refractivity contribution in [1.29, 1.82) is 0 Å². The van der Waals surface area contributed by atoms with Crippen LogP contribution in [0.25, 0.3) is 0 Å². The van der Waals surface area contributed by atoms with Crippen molar-refractivity contribution in [2.45, 2.75) is 32.7 Å². The Morgan fingerprint density at radius 2 is 1.94 bits per heavy atom. The summed E-state index contributed by atoms with van der Waals surface area (Å²) in [6, 6.07) is 7.86. The molecule has 0 bridgehead atoms. The topological polar surface area (TPSA) is 63.3 Å². The first-order valence-electron chi connectivity index (χ1n) is 5.60. The van der Waals surface area contributed by atoms with Crippen molar-refractivity contribution >= 4 is 5.97 Å². The molecular formula is C13H19NO2. The van der Waals surface area contributed by atoms with E-state index in [1.807, 2.05) is 31.2 Å². The van der Waals surface area contributed by atoms with Crippen LogP contribution in [0.4, 0.5) is 0 Å². The minimum atomic E-state index is -0.798. The number of carbonyl (C=O) groups is 1. The second-order valence-electron chi connectivity index (χ2n) is 4.20. The molecule has 1 aromatic carbocycles. The first-order valence-corrected chi connectivity index (χ1v) is 5.60. The SMILES string of the molecule is CCc1ccc(C(N)C(C)CC(=O)O)cc1. The average Bonchev–Trinajstić information content (AvgIpc) is 2.27. The van der Waals surface area contributed by atoms with Crippen molar-refractivity contribution in [2.75, 3.05) is 0 Å². The normalized spacial score (nSPS) is 14.4. The maximum atomic E-state index is 10.6. The molecule has 0 aliphatic rings. The molecule has 0 aliphatic heterocycles. The lowest BCUT2D eigenvalue weighted by atomic mass is 9.92. The Morgan fingerprint density at radius 3 is 2.38 bits per heavy atom. The van der Waals surface area contributed by atoms with Crippen molar-refractivity contribution in [3.63, 3.8) is 0 Å². The summed E-state index contributed by atoms with van der Waals surface area (Å²) in [7, 11) is 0. The molecule has 2 atom stereocenters. The van der Waals surface area contributed by atoms with Crippen LogP contribution in [0.3, 0.4) is 0 Å². The zero-order chi connectivity index (χ0) is 12.1. The van der Waals surface area contributed by atoms with Gasteiger partial charge in [-0.05, 0) is 23.5 Å². The predicted molar refractivity (Wildman–Crippen MR) is 64.2 cm³/mol. The van der Waals surface area contributed by atoms with Gasteiger partial charge < -0.3 is 10.8 Å². The van der Waals surface area contributed by atoms with Crippen molar-refractivity contribution < 1.29 is 9.90 Å². The smallest absolute Gasteiger partial charge is 0.303 e. The zero-order valence-electron chi connectivity index (χ0n) is 9.81. The Balaban J connectivity index is 2.71. The Bertz CT molecular complexity index is 345. The van der Waals surface area contributed by atoms with E-state index >= 15 is 0 Å². The van der Waals surface area contributed by atoms with Gasteiger partial charge in [0.15, 0.2) is 0 Å². The molecule has 0 saturated heterocycles. The van der Waals surface area contributed by atoms with Gasteiger partial charge in [-0.25, -0.2) is 0 Å². The van der Waals surface area contributed by atoms with Crippen molar-refractivity contribution in [1.82, 2.24) is 0 Å². The number of carboxylic acids is 1. The molecule has 3 nitrogen and oxygen atoms in total. The molecule has 2 unspecified atom stereocenters. The molecule has 88 valence electrons. The molecule has 0 radical (unpaired) electrons. The first-order chi connectivity index (χ1) is 7.54. The number of aryl methyl sites for hydroxylation is 1. The monoisotopic (exact) mass is 221 g/mol. The van der Waals surface area contributed by atoms with Crippen LogP contribution < -0.4 is 5.73 Å². The quantitative estimate of drug-likeness (QED) is 0.802. The predicted octanol–water partition coefficient (Wildman–Crippen LogP) is 2.36. The van der Waals surface area contributed by atoms with E-state index in [1.54, 1.807) is 0 Å². The minimum absolute atomic E-state index is 0.0509. The summed E-state index contributed by atoms with van der Waals surface area (Å²) in [4.78, 5) is 10.6. The van der Waals surface area contributed by atoms with E-state index in [9.17, 15) is 4.79 Å². The van der Waals surface area contributed by atoms with Crippen molar-refractivity contribution in [3.8, 4) is 0 Å². The molecule has 0 aromatic heterocycles. The van der Waals surface area contributed by atoms with E-state index in [2.05, 4.69) is 6.92 Å². The molecule has 0 heterocycles. The van der Waals surface area contributed by atoms with Gasteiger partial charge in [-0.3, -0.25) is 4.79 Å². The van der Waals surface area contributed by atoms with Gasteiger partial charge in [-0.1, -0.05) is 38.1 Å². The third-order valence-electron chi connectivity index (χ3n) is 2.88. The largest absolute Gasteiger partial charge is 0.481 e. The van der Waals surface area contributed by atoms with Crippen molar-refractivity contribution in [2.24, 2.45) is 11.7 Å². The summed E-state index contributed by atoms with van der Waals surface area (Å²) in [5, 5.41) is 8.71. The zero-order valence-corrected chi connectivity index (χ0v) is 9.81. The fourth-order valence-corrected chi connectivity index (χ4v) is 1.71. The number of carboxylic acid groups (broad SMARTS) is 1. The number of hydrogen-bond donors (Lipinski definition) is 2. The summed E-state index contributed by atoms with van der Waals surface area (Å²) in [5.74, 6) is -0.849.